The molecule has 0 saturated carbocycles. The molecule has 0 fully saturated rings. The molecule has 102 valence electrons. The Morgan fingerprint density at radius 2 is 2.20 bits per heavy atom. The summed E-state index contributed by atoms with van der Waals surface area (Å²) in [5.41, 5.74) is 3.37. The highest BCUT2D eigenvalue weighted by molar-refractivity contribution is 5.95. The lowest BCUT2D eigenvalue weighted by molar-refractivity contribution is -0.118. The van der Waals surface area contributed by atoms with Gasteiger partial charge >= 0.3 is 0 Å². The number of nitrogens with zero attached hydrogens (tertiary/aromatic N) is 1. The summed E-state index contributed by atoms with van der Waals surface area (Å²) in [5.74, 6) is 0.537. The normalized spacial score (nSPS) is 17.4. The van der Waals surface area contributed by atoms with Crippen LogP contribution in [-0.2, 0) is 11.2 Å². The predicted molar refractivity (Wildman–Crippen MR) is 78.5 cm³/mol. The number of hydrogen-bond donors (Lipinski definition) is 2. The van der Waals surface area contributed by atoms with Crippen molar-refractivity contribution in [2.75, 3.05) is 11.9 Å². The summed E-state index contributed by atoms with van der Waals surface area (Å²) >= 11 is 0. The summed E-state index contributed by atoms with van der Waals surface area (Å²) < 4.78 is 0. The molecule has 2 aromatic rings. The summed E-state index contributed by atoms with van der Waals surface area (Å²) in [4.78, 5) is 16.6. The number of carbonyl (C=O) groups is 1. The van der Waals surface area contributed by atoms with Crippen molar-refractivity contribution in [1.29, 1.82) is 0 Å². The van der Waals surface area contributed by atoms with Crippen molar-refractivity contribution in [3.63, 3.8) is 0 Å². The fraction of sp³-hybridized carbons (Fsp3) is 0.250. The van der Waals surface area contributed by atoms with Crippen LogP contribution in [0.1, 0.15) is 22.7 Å². The van der Waals surface area contributed by atoms with Crippen LogP contribution in [0.5, 0.6) is 0 Å². The van der Waals surface area contributed by atoms with Crippen molar-refractivity contribution in [1.82, 2.24) is 10.3 Å². The van der Waals surface area contributed by atoms with Crippen LogP contribution in [0.4, 0.5) is 5.82 Å². The number of carbonyl (C=O) groups excluding carboxylic acids is 1. The van der Waals surface area contributed by atoms with Crippen molar-refractivity contribution in [3.05, 3.63) is 59.3 Å². The number of amides is 1. The van der Waals surface area contributed by atoms with E-state index in [4.69, 9.17) is 0 Å². The second-order valence-corrected chi connectivity index (χ2v) is 5.04. The van der Waals surface area contributed by atoms with E-state index in [-0.39, 0.29) is 11.9 Å². The SMILES string of the molecule is Cc1ccnc(NC(=O)C2NCCc3ccccc32)c1. The number of anilines is 1. The third-order valence-corrected chi connectivity index (χ3v) is 3.54. The van der Waals surface area contributed by atoms with Gasteiger partial charge < -0.3 is 10.6 Å². The zero-order chi connectivity index (χ0) is 13.9. The van der Waals surface area contributed by atoms with Gasteiger partial charge in [0.2, 0.25) is 5.91 Å². The van der Waals surface area contributed by atoms with Crippen LogP contribution in [0, 0.1) is 6.92 Å². The van der Waals surface area contributed by atoms with E-state index in [1.165, 1.54) is 5.56 Å². The number of hydrogen-bond acceptors (Lipinski definition) is 3. The molecule has 1 amide bonds. The van der Waals surface area contributed by atoms with Crippen LogP contribution in [-0.4, -0.2) is 17.4 Å². The second-order valence-electron chi connectivity index (χ2n) is 5.04. The molecule has 0 radical (unpaired) electrons. The highest BCUT2D eigenvalue weighted by Crippen LogP contribution is 2.23. The Bertz CT molecular complexity index is 639. The Morgan fingerprint density at radius 1 is 1.35 bits per heavy atom. The molecule has 1 atom stereocenters. The highest BCUT2D eigenvalue weighted by atomic mass is 16.2. The molecular formula is C16H17N3O. The standard InChI is InChI=1S/C16H17N3O/c1-11-6-8-17-14(10-11)19-16(20)15-13-5-3-2-4-12(13)7-9-18-15/h2-6,8,10,15,18H,7,9H2,1H3,(H,17,19,20). The minimum atomic E-state index is -0.303. The van der Waals surface area contributed by atoms with Gasteiger partial charge in [-0.05, 0) is 42.2 Å². The fourth-order valence-electron chi connectivity index (χ4n) is 2.54. The molecule has 1 aromatic carbocycles. The number of benzene rings is 1. The van der Waals surface area contributed by atoms with Crippen LogP contribution in [0.3, 0.4) is 0 Å². The lowest BCUT2D eigenvalue weighted by Gasteiger charge is -2.25. The van der Waals surface area contributed by atoms with E-state index in [2.05, 4.69) is 21.7 Å². The predicted octanol–water partition coefficient (Wildman–Crippen LogP) is 2.22. The molecule has 1 aliphatic rings. The Morgan fingerprint density at radius 3 is 3.05 bits per heavy atom. The summed E-state index contributed by atoms with van der Waals surface area (Å²) in [6, 6.07) is 11.5. The zero-order valence-corrected chi connectivity index (χ0v) is 11.4. The van der Waals surface area contributed by atoms with Gasteiger partial charge in [0.15, 0.2) is 0 Å². The summed E-state index contributed by atoms with van der Waals surface area (Å²) in [5, 5.41) is 6.15. The number of aryl methyl sites for hydroxylation is 1. The van der Waals surface area contributed by atoms with E-state index in [0.29, 0.717) is 5.82 Å². The van der Waals surface area contributed by atoms with Crippen molar-refractivity contribution >= 4 is 11.7 Å². The van der Waals surface area contributed by atoms with Gasteiger partial charge in [-0.15, -0.1) is 0 Å². The molecule has 1 aliphatic heterocycles. The van der Waals surface area contributed by atoms with Crippen molar-refractivity contribution in [2.24, 2.45) is 0 Å². The average Bonchev–Trinajstić information content (AvgIpc) is 2.46. The molecule has 20 heavy (non-hydrogen) atoms. The average molecular weight is 267 g/mol. The molecule has 3 rings (SSSR count). The topological polar surface area (TPSA) is 54.0 Å². The smallest absolute Gasteiger partial charge is 0.247 e. The zero-order valence-electron chi connectivity index (χ0n) is 11.4. The molecule has 2 heterocycles. The number of fused-ring (bicyclic) bond motifs is 1. The molecule has 0 spiro atoms. The van der Waals surface area contributed by atoms with Gasteiger partial charge in [0.25, 0.3) is 0 Å². The van der Waals surface area contributed by atoms with Crippen molar-refractivity contribution < 1.29 is 4.79 Å². The fourth-order valence-corrected chi connectivity index (χ4v) is 2.54. The summed E-state index contributed by atoms with van der Waals surface area (Å²) in [6.07, 6.45) is 2.66. The maximum atomic E-state index is 12.4. The molecule has 1 unspecified atom stereocenters. The van der Waals surface area contributed by atoms with Gasteiger partial charge in [-0.3, -0.25) is 4.79 Å². The maximum Gasteiger partial charge on any atom is 0.247 e. The molecular weight excluding hydrogens is 250 g/mol. The monoisotopic (exact) mass is 267 g/mol. The van der Waals surface area contributed by atoms with Crippen LogP contribution in [0.2, 0.25) is 0 Å². The number of nitrogens with one attached hydrogen (secondary N) is 2. The Balaban J connectivity index is 1.82. The van der Waals surface area contributed by atoms with E-state index < -0.39 is 0 Å². The maximum absolute atomic E-state index is 12.4. The van der Waals surface area contributed by atoms with Gasteiger partial charge in [-0.2, -0.15) is 0 Å². The molecule has 1 aromatic heterocycles. The first-order valence-corrected chi connectivity index (χ1v) is 6.79. The van der Waals surface area contributed by atoms with E-state index >= 15 is 0 Å². The van der Waals surface area contributed by atoms with Crippen LogP contribution >= 0.6 is 0 Å². The van der Waals surface area contributed by atoms with Crippen molar-refractivity contribution in [2.45, 2.75) is 19.4 Å². The van der Waals surface area contributed by atoms with Gasteiger partial charge in [0, 0.05) is 12.7 Å². The molecule has 0 aliphatic carbocycles. The number of rotatable bonds is 2. The Hall–Kier alpha value is -2.20. The van der Waals surface area contributed by atoms with E-state index in [1.54, 1.807) is 6.20 Å². The quantitative estimate of drug-likeness (QED) is 0.877. The summed E-state index contributed by atoms with van der Waals surface area (Å²) in [7, 11) is 0. The first-order valence-electron chi connectivity index (χ1n) is 6.79. The molecule has 4 nitrogen and oxygen atoms in total. The lowest BCUT2D eigenvalue weighted by atomic mass is 9.94. The molecule has 4 heteroatoms. The number of pyridine rings is 1. The second kappa shape index (κ2) is 5.43. The summed E-state index contributed by atoms with van der Waals surface area (Å²) in [6.45, 7) is 2.79. The third-order valence-electron chi connectivity index (χ3n) is 3.54. The lowest BCUT2D eigenvalue weighted by Crippen LogP contribution is -2.38. The highest BCUT2D eigenvalue weighted by Gasteiger charge is 2.25. The van der Waals surface area contributed by atoms with Crippen LogP contribution < -0.4 is 10.6 Å². The number of aromatic nitrogens is 1. The van der Waals surface area contributed by atoms with E-state index in [1.807, 2.05) is 37.3 Å². The Labute approximate surface area is 118 Å². The van der Waals surface area contributed by atoms with Gasteiger partial charge in [0.05, 0.1) is 0 Å². The first kappa shape index (κ1) is 12.8. The van der Waals surface area contributed by atoms with Crippen molar-refractivity contribution in [3.8, 4) is 0 Å². The van der Waals surface area contributed by atoms with Gasteiger partial charge in [0.1, 0.15) is 11.9 Å². The van der Waals surface area contributed by atoms with Crippen LogP contribution in [0.25, 0.3) is 0 Å². The van der Waals surface area contributed by atoms with Crippen LogP contribution in [0.15, 0.2) is 42.6 Å². The van der Waals surface area contributed by atoms with Gasteiger partial charge in [-0.1, -0.05) is 24.3 Å². The molecule has 0 saturated heterocycles. The Kier molecular flexibility index (Phi) is 3.48. The van der Waals surface area contributed by atoms with E-state index in [9.17, 15) is 4.79 Å². The van der Waals surface area contributed by atoms with E-state index in [0.717, 1.165) is 24.1 Å². The molecule has 0 bridgehead atoms. The molecule has 2 N–H and O–H groups in total. The first-order chi connectivity index (χ1) is 9.74. The minimum Gasteiger partial charge on any atom is -0.309 e. The largest absolute Gasteiger partial charge is 0.309 e. The third kappa shape index (κ3) is 2.56. The minimum absolute atomic E-state index is 0.0600. The van der Waals surface area contributed by atoms with Gasteiger partial charge in [-0.25, -0.2) is 4.98 Å².